The van der Waals surface area contributed by atoms with Crippen LogP contribution >= 0.6 is 0 Å². The molecule has 0 spiro atoms. The number of rotatable bonds is 5. The van der Waals surface area contributed by atoms with E-state index in [0.29, 0.717) is 39.3 Å². The van der Waals surface area contributed by atoms with E-state index in [9.17, 15) is 18.0 Å². The van der Waals surface area contributed by atoms with Gasteiger partial charge in [0.25, 0.3) is 5.78 Å². The van der Waals surface area contributed by atoms with Crippen LogP contribution in [0, 0.1) is 0 Å². The molecule has 11 heteroatoms. The number of nitrogens with two attached hydrogens (primary N) is 2. The number of carbonyl (C=O) groups excluding carboxylic acids is 1. The molecule has 1 aliphatic rings. The van der Waals surface area contributed by atoms with Crippen LogP contribution in [0.25, 0.3) is 50.4 Å². The van der Waals surface area contributed by atoms with Gasteiger partial charge in [0.15, 0.2) is 11.5 Å². The van der Waals surface area contributed by atoms with E-state index in [1.807, 2.05) is 34.9 Å². The van der Waals surface area contributed by atoms with Gasteiger partial charge >= 0.3 is 6.18 Å². The largest absolute Gasteiger partial charge is 0.454 e. The maximum Gasteiger partial charge on any atom is 0.454 e. The smallest absolute Gasteiger partial charge is 0.383 e. The highest BCUT2D eigenvalue weighted by Crippen LogP contribution is 2.40. The lowest BCUT2D eigenvalue weighted by Gasteiger charge is -2.38. The van der Waals surface area contributed by atoms with Gasteiger partial charge in [-0.1, -0.05) is 24.3 Å². The average Bonchev–Trinajstić information content (AvgIpc) is 3.52. The van der Waals surface area contributed by atoms with E-state index < -0.39 is 17.5 Å². The van der Waals surface area contributed by atoms with Crippen LogP contribution in [0.2, 0.25) is 0 Å². The van der Waals surface area contributed by atoms with Gasteiger partial charge in [0.05, 0.1) is 16.8 Å². The van der Waals surface area contributed by atoms with Gasteiger partial charge in [-0.15, -0.1) is 0 Å². The summed E-state index contributed by atoms with van der Waals surface area (Å²) in [4.78, 5) is 26.5. The molecule has 4 aromatic heterocycles. The summed E-state index contributed by atoms with van der Waals surface area (Å²) in [6, 6.07) is 20.0. The van der Waals surface area contributed by atoms with Gasteiger partial charge in [-0.05, 0) is 67.3 Å². The molecular formula is C32H26F3N7O. The molecule has 4 heterocycles. The third-order valence-electron chi connectivity index (χ3n) is 8.32. The normalized spacial score (nSPS) is 14.7. The molecule has 1 fully saturated rings. The van der Waals surface area contributed by atoms with Gasteiger partial charge in [-0.3, -0.25) is 9.36 Å². The Hall–Kier alpha value is -5.03. The molecule has 0 bridgehead atoms. The van der Waals surface area contributed by atoms with Crippen molar-refractivity contribution in [3.8, 4) is 28.3 Å². The molecule has 216 valence electrons. The Balaban J connectivity index is 1.46. The molecule has 0 aliphatic heterocycles. The highest BCUT2D eigenvalue weighted by atomic mass is 19.4. The predicted molar refractivity (Wildman–Crippen MR) is 159 cm³/mol. The first-order valence-corrected chi connectivity index (χ1v) is 13.8. The molecule has 4 N–H and O–H groups in total. The van der Waals surface area contributed by atoms with Crippen molar-refractivity contribution in [1.29, 1.82) is 0 Å². The minimum absolute atomic E-state index is 0.181. The summed E-state index contributed by atoms with van der Waals surface area (Å²) >= 11 is 0. The number of fused-ring (bicyclic) bond motifs is 2. The Bertz CT molecular complexity index is 2050. The number of hydrogen-bond acceptors (Lipinski definition) is 6. The zero-order valence-electron chi connectivity index (χ0n) is 23.1. The quantitative estimate of drug-likeness (QED) is 0.231. The number of hydrogen-bond donors (Lipinski definition) is 2. The standard InChI is InChI=1S/C32H26F3N7O/c1-41-17-22(27(43)32(33,34)35)26-20(5-2-7-25(26)41)23-12-13-24-30(39-23)42(29(40-24)21-6-3-16-38-28(21)36)19-10-8-18(9-11-19)31(37)14-4-15-31/h2-3,5-13,16-17H,4,14-15,37H2,1H3,(H2,36,38). The molecule has 1 aliphatic carbocycles. The summed E-state index contributed by atoms with van der Waals surface area (Å²) < 4.78 is 44.1. The monoisotopic (exact) mass is 581 g/mol. The molecule has 0 radical (unpaired) electrons. The molecular weight excluding hydrogens is 555 g/mol. The zero-order valence-corrected chi connectivity index (χ0v) is 23.1. The van der Waals surface area contributed by atoms with Crippen molar-refractivity contribution >= 4 is 33.7 Å². The number of aromatic nitrogens is 5. The first kappa shape index (κ1) is 26.8. The lowest BCUT2D eigenvalue weighted by Crippen LogP contribution is -2.43. The van der Waals surface area contributed by atoms with Gasteiger partial charge in [0.2, 0.25) is 0 Å². The van der Waals surface area contributed by atoms with Gasteiger partial charge in [-0.25, -0.2) is 15.0 Å². The fourth-order valence-electron chi connectivity index (χ4n) is 5.91. The second-order valence-electron chi connectivity index (χ2n) is 11.0. The number of carbonyl (C=O) groups is 1. The van der Waals surface area contributed by atoms with Crippen molar-refractivity contribution in [3.05, 3.63) is 90.3 Å². The molecule has 6 aromatic rings. The maximum absolute atomic E-state index is 13.6. The summed E-state index contributed by atoms with van der Waals surface area (Å²) in [5.41, 5.74) is 16.7. The molecule has 1 saturated carbocycles. The lowest BCUT2D eigenvalue weighted by molar-refractivity contribution is -0.0884. The third-order valence-corrected chi connectivity index (χ3v) is 8.32. The van der Waals surface area contributed by atoms with Crippen LogP contribution in [-0.4, -0.2) is 36.0 Å². The van der Waals surface area contributed by atoms with E-state index in [1.165, 1.54) is 10.8 Å². The Morgan fingerprint density at radius 1 is 0.953 bits per heavy atom. The third kappa shape index (κ3) is 4.26. The number of halogens is 3. The van der Waals surface area contributed by atoms with E-state index in [4.69, 9.17) is 21.4 Å². The number of anilines is 1. The Labute approximate surface area is 243 Å². The van der Waals surface area contributed by atoms with Gasteiger partial charge in [-0.2, -0.15) is 13.2 Å². The predicted octanol–water partition coefficient (Wildman–Crippen LogP) is 6.31. The number of alkyl halides is 3. The summed E-state index contributed by atoms with van der Waals surface area (Å²) in [6.07, 6.45) is 0.718. The molecule has 2 aromatic carbocycles. The fourth-order valence-corrected chi connectivity index (χ4v) is 5.91. The van der Waals surface area contributed by atoms with Crippen molar-refractivity contribution in [1.82, 2.24) is 24.1 Å². The first-order valence-electron chi connectivity index (χ1n) is 13.8. The van der Waals surface area contributed by atoms with Crippen LogP contribution in [0.15, 0.2) is 79.1 Å². The van der Waals surface area contributed by atoms with E-state index >= 15 is 0 Å². The van der Waals surface area contributed by atoms with Crippen LogP contribution in [0.4, 0.5) is 19.0 Å². The molecule has 0 atom stereocenters. The SMILES string of the molecule is Cn1cc(C(=O)C(F)(F)F)c2c(-c3ccc4nc(-c5cccnc5N)n(-c5ccc(C6(N)CCC6)cc5)c4n3)cccc21. The highest BCUT2D eigenvalue weighted by Gasteiger charge is 2.41. The van der Waals surface area contributed by atoms with E-state index in [-0.39, 0.29) is 16.7 Å². The maximum atomic E-state index is 13.6. The van der Waals surface area contributed by atoms with Crippen molar-refractivity contribution < 1.29 is 18.0 Å². The second kappa shape index (κ2) is 9.50. The average molecular weight is 582 g/mol. The minimum atomic E-state index is -5.02. The molecule has 8 nitrogen and oxygen atoms in total. The van der Waals surface area contributed by atoms with Crippen molar-refractivity contribution in [3.63, 3.8) is 0 Å². The summed E-state index contributed by atoms with van der Waals surface area (Å²) in [7, 11) is 1.61. The molecule has 0 amide bonds. The number of pyridine rings is 2. The number of imidazole rings is 1. The topological polar surface area (TPSA) is 118 Å². The summed E-state index contributed by atoms with van der Waals surface area (Å²) in [5.74, 6) is -1.11. The number of aryl methyl sites for hydroxylation is 1. The Morgan fingerprint density at radius 3 is 2.37 bits per heavy atom. The van der Waals surface area contributed by atoms with Gasteiger partial charge < -0.3 is 16.0 Å². The van der Waals surface area contributed by atoms with Crippen LogP contribution in [0.5, 0.6) is 0 Å². The molecule has 43 heavy (non-hydrogen) atoms. The first-order chi connectivity index (χ1) is 20.5. The number of nitrogens with zero attached hydrogens (tertiary/aromatic N) is 5. The van der Waals surface area contributed by atoms with Crippen LogP contribution in [0.3, 0.4) is 0 Å². The minimum Gasteiger partial charge on any atom is -0.383 e. The van der Waals surface area contributed by atoms with E-state index in [0.717, 1.165) is 30.5 Å². The Kier molecular flexibility index (Phi) is 5.93. The Morgan fingerprint density at radius 2 is 1.70 bits per heavy atom. The lowest BCUT2D eigenvalue weighted by atomic mass is 9.73. The van der Waals surface area contributed by atoms with Crippen molar-refractivity contribution in [2.45, 2.75) is 31.0 Å². The zero-order chi connectivity index (χ0) is 30.1. The summed E-state index contributed by atoms with van der Waals surface area (Å²) in [6.45, 7) is 0. The number of Topliss-reactive ketones (excluding diaryl/α,β-unsaturated/α-hetero) is 1. The second-order valence-corrected chi connectivity index (χ2v) is 11.0. The van der Waals surface area contributed by atoms with Crippen LogP contribution < -0.4 is 11.5 Å². The van der Waals surface area contributed by atoms with Gasteiger partial charge in [0.1, 0.15) is 11.3 Å². The van der Waals surface area contributed by atoms with Crippen LogP contribution in [-0.2, 0) is 12.6 Å². The van der Waals surface area contributed by atoms with Crippen molar-refractivity contribution in [2.24, 2.45) is 12.8 Å². The number of ketones is 1. The molecule has 7 rings (SSSR count). The summed E-state index contributed by atoms with van der Waals surface area (Å²) in [5, 5.41) is 0.181. The van der Waals surface area contributed by atoms with E-state index in [1.54, 1.807) is 49.6 Å². The fraction of sp³-hybridized carbons (Fsp3) is 0.188. The van der Waals surface area contributed by atoms with Crippen LogP contribution in [0.1, 0.15) is 35.2 Å². The van der Waals surface area contributed by atoms with Gasteiger partial charge in [0, 0.05) is 47.1 Å². The highest BCUT2D eigenvalue weighted by molar-refractivity contribution is 6.14. The van der Waals surface area contributed by atoms with Crippen molar-refractivity contribution in [2.75, 3.05) is 5.73 Å². The molecule has 0 saturated heterocycles. The number of nitrogen functional groups attached to an aromatic ring is 1. The number of benzene rings is 2. The molecule has 0 unspecified atom stereocenters. The van der Waals surface area contributed by atoms with E-state index in [2.05, 4.69) is 4.98 Å².